The number of benzene rings is 1. The number of nitrogens with two attached hydrogens (primary N) is 2. The van der Waals surface area contributed by atoms with E-state index in [4.69, 9.17) is 11.5 Å². The summed E-state index contributed by atoms with van der Waals surface area (Å²) in [5, 5.41) is 5.55. The Balaban J connectivity index is 2.26. The van der Waals surface area contributed by atoms with Gasteiger partial charge in [-0.15, -0.1) is 0 Å². The summed E-state index contributed by atoms with van der Waals surface area (Å²) in [5.41, 5.74) is 11.7. The molecule has 0 atom stereocenters. The highest BCUT2D eigenvalue weighted by molar-refractivity contribution is 7.20. The molecule has 6 N–H and O–H groups in total. The first kappa shape index (κ1) is 15.5. The van der Waals surface area contributed by atoms with Gasteiger partial charge in [-0.2, -0.15) is 0 Å². The number of thiophene rings is 1. The zero-order valence-electron chi connectivity index (χ0n) is 11.7. The molecule has 4 amide bonds. The second-order valence-corrected chi connectivity index (χ2v) is 5.53. The zero-order chi connectivity index (χ0) is 16.3. The van der Waals surface area contributed by atoms with Crippen molar-refractivity contribution in [3.8, 4) is 0 Å². The minimum Gasteiger partial charge on any atom is -0.366 e. The third-order valence-corrected chi connectivity index (χ3v) is 3.83. The molecular formula is C14H14N4O3S. The summed E-state index contributed by atoms with van der Waals surface area (Å²) in [7, 11) is 0. The van der Waals surface area contributed by atoms with Gasteiger partial charge in [0, 0.05) is 5.56 Å². The van der Waals surface area contributed by atoms with Crippen LogP contribution in [0.4, 0.5) is 14.8 Å². The number of carbonyl (C=O) groups excluding carboxylic acids is 3. The molecule has 2 aromatic rings. The lowest BCUT2D eigenvalue weighted by molar-refractivity contribution is 0.0997. The topological polar surface area (TPSA) is 127 Å². The van der Waals surface area contributed by atoms with Crippen molar-refractivity contribution < 1.29 is 14.4 Å². The zero-order valence-corrected chi connectivity index (χ0v) is 12.5. The van der Waals surface area contributed by atoms with Crippen LogP contribution in [0.1, 0.15) is 26.3 Å². The van der Waals surface area contributed by atoms with Crippen LogP contribution in [0.3, 0.4) is 0 Å². The molecule has 1 aromatic heterocycles. The summed E-state index contributed by atoms with van der Waals surface area (Å²) in [4.78, 5) is 34.5. The van der Waals surface area contributed by atoms with Crippen molar-refractivity contribution >= 4 is 39.2 Å². The van der Waals surface area contributed by atoms with E-state index in [9.17, 15) is 14.4 Å². The summed E-state index contributed by atoms with van der Waals surface area (Å²) in [6.07, 6.45) is 0. The molecular weight excluding hydrogens is 304 g/mol. The number of hydrogen-bond acceptors (Lipinski definition) is 4. The average Bonchev–Trinajstić information content (AvgIpc) is 2.81. The van der Waals surface area contributed by atoms with Crippen LogP contribution in [0.15, 0.2) is 30.3 Å². The van der Waals surface area contributed by atoms with Gasteiger partial charge in [-0.3, -0.25) is 14.9 Å². The number of anilines is 2. The van der Waals surface area contributed by atoms with E-state index in [0.717, 1.165) is 16.9 Å². The number of nitrogens with one attached hydrogen (secondary N) is 2. The van der Waals surface area contributed by atoms with E-state index >= 15 is 0 Å². The number of hydrogen-bond donors (Lipinski definition) is 4. The largest absolute Gasteiger partial charge is 0.366 e. The van der Waals surface area contributed by atoms with Gasteiger partial charge >= 0.3 is 6.03 Å². The molecule has 2 rings (SSSR count). The van der Waals surface area contributed by atoms with Crippen LogP contribution in [-0.2, 0) is 0 Å². The van der Waals surface area contributed by atoms with Gasteiger partial charge in [-0.1, -0.05) is 29.5 Å². The highest BCUT2D eigenvalue weighted by Crippen LogP contribution is 2.32. The van der Waals surface area contributed by atoms with Gasteiger partial charge in [0.25, 0.3) is 11.8 Å². The molecule has 7 nitrogen and oxygen atoms in total. The minimum atomic E-state index is -0.818. The van der Waals surface area contributed by atoms with Crippen LogP contribution in [0.5, 0.6) is 0 Å². The Labute approximate surface area is 130 Å². The van der Waals surface area contributed by atoms with Gasteiger partial charge in [0.2, 0.25) is 0 Å². The van der Waals surface area contributed by atoms with Crippen molar-refractivity contribution in [1.82, 2.24) is 0 Å². The maximum atomic E-state index is 12.2. The molecule has 1 aromatic carbocycles. The second-order valence-electron chi connectivity index (χ2n) is 4.48. The molecule has 0 unspecified atom stereocenters. The molecule has 0 aliphatic carbocycles. The van der Waals surface area contributed by atoms with Gasteiger partial charge in [-0.25, -0.2) is 4.79 Å². The van der Waals surface area contributed by atoms with E-state index in [0.29, 0.717) is 10.6 Å². The van der Waals surface area contributed by atoms with Gasteiger partial charge in [0.1, 0.15) is 5.00 Å². The lowest BCUT2D eigenvalue weighted by Gasteiger charge is -2.05. The fourth-order valence-electron chi connectivity index (χ4n) is 1.85. The second kappa shape index (κ2) is 6.27. The smallest absolute Gasteiger partial charge is 0.317 e. The Morgan fingerprint density at radius 3 is 2.32 bits per heavy atom. The Morgan fingerprint density at radius 1 is 1.05 bits per heavy atom. The summed E-state index contributed by atoms with van der Waals surface area (Å²) in [6.45, 7) is 1.82. The van der Waals surface area contributed by atoms with Crippen LogP contribution < -0.4 is 22.1 Å². The highest BCUT2D eigenvalue weighted by atomic mass is 32.1. The van der Waals surface area contributed by atoms with E-state index < -0.39 is 11.9 Å². The van der Waals surface area contributed by atoms with Crippen molar-refractivity contribution in [2.45, 2.75) is 6.92 Å². The van der Waals surface area contributed by atoms with Crippen molar-refractivity contribution in [3.05, 3.63) is 47.0 Å². The van der Waals surface area contributed by atoms with Gasteiger partial charge in [0.05, 0.1) is 10.6 Å². The first-order valence-corrected chi connectivity index (χ1v) is 7.07. The predicted octanol–water partition coefficient (Wildman–Crippen LogP) is 1.90. The molecule has 8 heteroatoms. The summed E-state index contributed by atoms with van der Waals surface area (Å²) in [6, 6.07) is 7.67. The molecule has 22 heavy (non-hydrogen) atoms. The standard InChI is InChI=1S/C14H14N4O3S/c1-7-4-2-3-5-8(7)12(20)17-10-6-9(11(15)19)13(22-10)18-14(16)21/h2-6H,1H3,(H2,15,19)(H,17,20)(H3,16,18,21). The van der Waals surface area contributed by atoms with Crippen LogP contribution in [-0.4, -0.2) is 17.8 Å². The van der Waals surface area contributed by atoms with Crippen molar-refractivity contribution in [2.24, 2.45) is 11.5 Å². The fourth-order valence-corrected chi connectivity index (χ4v) is 2.81. The normalized spacial score (nSPS) is 10.0. The van der Waals surface area contributed by atoms with Crippen LogP contribution in [0.25, 0.3) is 0 Å². The van der Waals surface area contributed by atoms with Crippen molar-refractivity contribution in [1.29, 1.82) is 0 Å². The lowest BCUT2D eigenvalue weighted by atomic mass is 10.1. The Bertz CT molecular complexity index is 754. The predicted molar refractivity (Wildman–Crippen MR) is 85.2 cm³/mol. The van der Waals surface area contributed by atoms with Crippen LogP contribution in [0.2, 0.25) is 0 Å². The van der Waals surface area contributed by atoms with Gasteiger partial charge in [0.15, 0.2) is 0 Å². The molecule has 0 saturated carbocycles. The average molecular weight is 318 g/mol. The Hall–Kier alpha value is -2.87. The van der Waals surface area contributed by atoms with Crippen molar-refractivity contribution in [3.63, 3.8) is 0 Å². The maximum absolute atomic E-state index is 12.2. The summed E-state index contributed by atoms with van der Waals surface area (Å²) in [5.74, 6) is -1.04. The first-order chi connectivity index (χ1) is 10.4. The van der Waals surface area contributed by atoms with Crippen molar-refractivity contribution in [2.75, 3.05) is 10.6 Å². The molecule has 0 saturated heterocycles. The van der Waals surface area contributed by atoms with E-state index in [2.05, 4.69) is 10.6 Å². The van der Waals surface area contributed by atoms with Crippen LogP contribution in [0, 0.1) is 6.92 Å². The molecule has 114 valence electrons. The quantitative estimate of drug-likeness (QED) is 0.687. The third-order valence-electron chi connectivity index (χ3n) is 2.86. The van der Waals surface area contributed by atoms with Gasteiger partial charge in [-0.05, 0) is 24.6 Å². The SMILES string of the molecule is Cc1ccccc1C(=O)Nc1cc(C(N)=O)c(NC(N)=O)s1. The van der Waals surface area contributed by atoms with E-state index in [1.165, 1.54) is 6.07 Å². The fraction of sp³-hybridized carbons (Fsp3) is 0.0714. The number of primary amides is 2. The highest BCUT2D eigenvalue weighted by Gasteiger charge is 2.17. The van der Waals surface area contributed by atoms with Crippen LogP contribution >= 0.6 is 11.3 Å². The molecule has 0 aliphatic heterocycles. The van der Waals surface area contributed by atoms with E-state index in [1.807, 2.05) is 19.1 Å². The molecule has 0 bridgehead atoms. The molecule has 0 radical (unpaired) electrons. The molecule has 0 aliphatic rings. The Morgan fingerprint density at radius 2 is 1.73 bits per heavy atom. The summed E-state index contributed by atoms with van der Waals surface area (Å²) < 4.78 is 0. The molecule has 1 heterocycles. The first-order valence-electron chi connectivity index (χ1n) is 6.25. The van der Waals surface area contributed by atoms with E-state index in [1.54, 1.807) is 12.1 Å². The minimum absolute atomic E-state index is 0.0869. The van der Waals surface area contributed by atoms with Gasteiger partial charge < -0.3 is 16.8 Å². The number of amides is 4. The third kappa shape index (κ3) is 3.41. The number of rotatable bonds is 4. The molecule has 0 fully saturated rings. The number of carbonyl (C=O) groups is 3. The monoisotopic (exact) mass is 318 g/mol. The maximum Gasteiger partial charge on any atom is 0.317 e. The lowest BCUT2D eigenvalue weighted by Crippen LogP contribution is -2.21. The number of urea groups is 1. The number of aryl methyl sites for hydroxylation is 1. The van der Waals surface area contributed by atoms with E-state index in [-0.39, 0.29) is 16.5 Å². The summed E-state index contributed by atoms with van der Waals surface area (Å²) >= 11 is 1.00. The Kier molecular flexibility index (Phi) is 4.42. The molecule has 0 spiro atoms.